The van der Waals surface area contributed by atoms with Gasteiger partial charge >= 0.3 is 0 Å². The van der Waals surface area contributed by atoms with Crippen molar-refractivity contribution in [3.63, 3.8) is 0 Å². The summed E-state index contributed by atoms with van der Waals surface area (Å²) < 4.78 is 0. The Labute approximate surface area is 131 Å². The molecule has 0 aliphatic carbocycles. The van der Waals surface area contributed by atoms with Gasteiger partial charge < -0.3 is 9.80 Å². The fourth-order valence-electron chi connectivity index (χ4n) is 3.20. The molecule has 0 radical (unpaired) electrons. The molecule has 0 N–H and O–H groups in total. The fourth-order valence-corrected chi connectivity index (χ4v) is 3.42. The van der Waals surface area contributed by atoms with Crippen molar-refractivity contribution in [3.05, 3.63) is 41.0 Å². The average molecular weight is 304 g/mol. The minimum Gasteiger partial charge on any atom is -0.306 e. The van der Waals surface area contributed by atoms with Crippen LogP contribution in [-0.2, 0) is 6.54 Å². The van der Waals surface area contributed by atoms with Crippen molar-refractivity contribution in [2.45, 2.75) is 13.0 Å². The van der Waals surface area contributed by atoms with E-state index in [9.17, 15) is 0 Å². The average Bonchev–Trinajstić information content (AvgIpc) is 2.85. The number of pyridine rings is 1. The third-order valence-electron chi connectivity index (χ3n) is 4.22. The Morgan fingerprint density at radius 2 is 2.19 bits per heavy atom. The maximum atomic E-state index is 6.24. The highest BCUT2D eigenvalue weighted by atomic mass is 35.5. The second-order valence-electron chi connectivity index (χ2n) is 6.23. The molecule has 1 atom stereocenters. The van der Waals surface area contributed by atoms with Crippen molar-refractivity contribution in [2.75, 3.05) is 33.7 Å². The lowest BCUT2D eigenvalue weighted by molar-refractivity contribution is 0.265. The van der Waals surface area contributed by atoms with Crippen LogP contribution < -0.4 is 0 Å². The Morgan fingerprint density at radius 1 is 1.33 bits per heavy atom. The maximum Gasteiger partial charge on any atom is 0.0891 e. The van der Waals surface area contributed by atoms with Crippen molar-refractivity contribution >= 4 is 22.5 Å². The van der Waals surface area contributed by atoms with Crippen LogP contribution in [0.25, 0.3) is 10.9 Å². The van der Waals surface area contributed by atoms with Crippen molar-refractivity contribution in [2.24, 2.45) is 5.92 Å². The van der Waals surface area contributed by atoms with E-state index < -0.39 is 0 Å². The molecular formula is C17H22ClN3. The molecule has 2 aromatic rings. The van der Waals surface area contributed by atoms with Gasteiger partial charge in [0.15, 0.2) is 0 Å². The van der Waals surface area contributed by atoms with Gasteiger partial charge in [-0.25, -0.2) is 4.98 Å². The molecule has 0 amide bonds. The van der Waals surface area contributed by atoms with Crippen LogP contribution in [0.1, 0.15) is 12.1 Å². The number of likely N-dealkylation sites (tertiary alicyclic amines) is 1. The summed E-state index contributed by atoms with van der Waals surface area (Å²) >= 11 is 6.24. The summed E-state index contributed by atoms with van der Waals surface area (Å²) in [5.74, 6) is 0.782. The van der Waals surface area contributed by atoms with Gasteiger partial charge in [-0.15, -0.1) is 0 Å². The van der Waals surface area contributed by atoms with Crippen LogP contribution >= 0.6 is 11.6 Å². The molecular weight excluding hydrogens is 282 g/mol. The van der Waals surface area contributed by atoms with E-state index >= 15 is 0 Å². The highest BCUT2D eigenvalue weighted by Crippen LogP contribution is 2.22. The van der Waals surface area contributed by atoms with Crippen molar-refractivity contribution in [3.8, 4) is 0 Å². The Morgan fingerprint density at radius 3 is 2.95 bits per heavy atom. The standard InChI is InChI=1S/C17H22ClN3/c1-20-9-8-13(10-20)11-21(2)12-15-7-6-14-4-3-5-16(18)17(14)19-15/h3-7,13H,8-12H2,1-2H3/t13-/m1/s1. The Balaban J connectivity index is 1.68. The van der Waals surface area contributed by atoms with Gasteiger partial charge in [-0.05, 0) is 45.1 Å². The van der Waals surface area contributed by atoms with Gasteiger partial charge in [0, 0.05) is 25.0 Å². The molecule has 1 aliphatic heterocycles. The van der Waals surface area contributed by atoms with Crippen molar-refractivity contribution in [1.29, 1.82) is 0 Å². The topological polar surface area (TPSA) is 19.4 Å². The minimum absolute atomic E-state index is 0.731. The Hall–Kier alpha value is -1.16. The zero-order valence-corrected chi connectivity index (χ0v) is 13.5. The summed E-state index contributed by atoms with van der Waals surface area (Å²) in [5.41, 5.74) is 2.00. The molecule has 4 heteroatoms. The maximum absolute atomic E-state index is 6.24. The number of rotatable bonds is 4. The lowest BCUT2D eigenvalue weighted by Gasteiger charge is -2.20. The number of halogens is 1. The van der Waals surface area contributed by atoms with E-state index in [2.05, 4.69) is 42.1 Å². The van der Waals surface area contributed by atoms with Crippen LogP contribution in [0.4, 0.5) is 0 Å². The number of hydrogen-bond acceptors (Lipinski definition) is 3. The Kier molecular flexibility index (Phi) is 4.43. The molecule has 21 heavy (non-hydrogen) atoms. The summed E-state index contributed by atoms with van der Waals surface area (Å²) in [6.45, 7) is 4.44. The van der Waals surface area contributed by atoms with E-state index in [0.717, 1.165) is 40.6 Å². The third kappa shape index (κ3) is 3.54. The van der Waals surface area contributed by atoms with Crippen LogP contribution in [0.5, 0.6) is 0 Å². The van der Waals surface area contributed by atoms with Crippen molar-refractivity contribution < 1.29 is 0 Å². The number of hydrogen-bond donors (Lipinski definition) is 0. The SMILES string of the molecule is CN1CC[C@@H](CN(C)Cc2ccc3cccc(Cl)c3n2)C1. The molecule has 1 aromatic carbocycles. The molecule has 1 fully saturated rings. The van der Waals surface area contributed by atoms with Gasteiger partial charge in [-0.1, -0.05) is 29.8 Å². The normalized spacial score (nSPS) is 19.7. The van der Waals surface area contributed by atoms with E-state index in [1.165, 1.54) is 19.5 Å². The van der Waals surface area contributed by atoms with Crippen LogP contribution in [-0.4, -0.2) is 48.5 Å². The number of para-hydroxylation sites is 1. The highest BCUT2D eigenvalue weighted by molar-refractivity contribution is 6.35. The highest BCUT2D eigenvalue weighted by Gasteiger charge is 2.20. The Bertz CT molecular complexity index is 628. The van der Waals surface area contributed by atoms with Gasteiger partial charge in [0.25, 0.3) is 0 Å². The second-order valence-corrected chi connectivity index (χ2v) is 6.64. The molecule has 0 unspecified atom stereocenters. The minimum atomic E-state index is 0.731. The first-order valence-corrected chi connectivity index (χ1v) is 7.91. The summed E-state index contributed by atoms with van der Waals surface area (Å²) in [6.07, 6.45) is 1.30. The first kappa shape index (κ1) is 14.8. The molecule has 3 rings (SSSR count). The monoisotopic (exact) mass is 303 g/mol. The lowest BCUT2D eigenvalue weighted by Crippen LogP contribution is -2.27. The molecule has 112 valence electrons. The zero-order chi connectivity index (χ0) is 14.8. The van der Waals surface area contributed by atoms with Gasteiger partial charge in [0.1, 0.15) is 0 Å². The summed E-state index contributed by atoms with van der Waals surface area (Å²) in [5, 5.41) is 1.83. The van der Waals surface area contributed by atoms with Gasteiger partial charge in [0.05, 0.1) is 16.2 Å². The van der Waals surface area contributed by atoms with Crippen LogP contribution in [0.3, 0.4) is 0 Å². The molecule has 0 saturated carbocycles. The van der Waals surface area contributed by atoms with E-state index in [1.807, 2.05) is 12.1 Å². The smallest absolute Gasteiger partial charge is 0.0891 e. The summed E-state index contributed by atoms with van der Waals surface area (Å²) in [7, 11) is 4.38. The fraction of sp³-hybridized carbons (Fsp3) is 0.471. The third-order valence-corrected chi connectivity index (χ3v) is 4.52. The quantitative estimate of drug-likeness (QED) is 0.864. The van der Waals surface area contributed by atoms with Crippen molar-refractivity contribution in [1.82, 2.24) is 14.8 Å². The summed E-state index contributed by atoms with van der Waals surface area (Å²) in [4.78, 5) is 9.50. The number of nitrogens with zero attached hydrogens (tertiary/aromatic N) is 3. The van der Waals surface area contributed by atoms with E-state index in [0.29, 0.717) is 0 Å². The largest absolute Gasteiger partial charge is 0.306 e. The predicted octanol–water partition coefficient (Wildman–Crippen LogP) is 3.27. The second kappa shape index (κ2) is 6.30. The number of fused-ring (bicyclic) bond motifs is 1. The first-order valence-electron chi connectivity index (χ1n) is 7.53. The van der Waals surface area contributed by atoms with Gasteiger partial charge in [0.2, 0.25) is 0 Å². The zero-order valence-electron chi connectivity index (χ0n) is 12.7. The first-order chi connectivity index (χ1) is 10.1. The molecule has 1 aromatic heterocycles. The molecule has 0 bridgehead atoms. The predicted molar refractivity (Wildman–Crippen MR) is 88.7 cm³/mol. The van der Waals surface area contributed by atoms with Crippen LogP contribution in [0.2, 0.25) is 5.02 Å². The molecule has 2 heterocycles. The number of aromatic nitrogens is 1. The van der Waals surface area contributed by atoms with Gasteiger partial charge in [-0.2, -0.15) is 0 Å². The number of benzene rings is 1. The molecule has 0 spiro atoms. The van der Waals surface area contributed by atoms with Crippen LogP contribution in [0.15, 0.2) is 30.3 Å². The summed E-state index contributed by atoms with van der Waals surface area (Å²) in [6, 6.07) is 10.1. The molecule has 1 saturated heterocycles. The van der Waals surface area contributed by atoms with Crippen LogP contribution in [0, 0.1) is 5.92 Å². The molecule has 1 aliphatic rings. The molecule has 3 nitrogen and oxygen atoms in total. The van der Waals surface area contributed by atoms with Gasteiger partial charge in [-0.3, -0.25) is 0 Å². The lowest BCUT2D eigenvalue weighted by atomic mass is 10.1. The van der Waals surface area contributed by atoms with E-state index in [4.69, 9.17) is 16.6 Å². The van der Waals surface area contributed by atoms with E-state index in [1.54, 1.807) is 0 Å². The van der Waals surface area contributed by atoms with E-state index in [-0.39, 0.29) is 0 Å².